The van der Waals surface area contributed by atoms with Crippen LogP contribution < -0.4 is 0 Å². The highest BCUT2D eigenvalue weighted by Crippen LogP contribution is 2.67. The van der Waals surface area contributed by atoms with E-state index in [-0.39, 0.29) is 29.0 Å². The Labute approximate surface area is 194 Å². The third-order valence-corrected chi connectivity index (χ3v) is 10.6. The number of ketones is 1. The van der Waals surface area contributed by atoms with Crippen molar-refractivity contribution in [3.8, 4) is 0 Å². The van der Waals surface area contributed by atoms with Crippen LogP contribution in [-0.2, 0) is 4.79 Å². The van der Waals surface area contributed by atoms with Gasteiger partial charge >= 0.3 is 0 Å². The molecule has 4 nitrogen and oxygen atoms in total. The summed E-state index contributed by atoms with van der Waals surface area (Å²) in [5.74, 6) is 1.63. The maximum absolute atomic E-state index is 12.0. The molecule has 4 heteroatoms. The van der Waals surface area contributed by atoms with Crippen molar-refractivity contribution in [2.24, 2.45) is 46.3 Å². The Morgan fingerprint density at radius 1 is 1.16 bits per heavy atom. The monoisotopic (exact) mass is 444 g/mol. The Kier molecular flexibility index (Phi) is 6.09. The van der Waals surface area contributed by atoms with Gasteiger partial charge in [0.05, 0.1) is 17.8 Å². The van der Waals surface area contributed by atoms with Crippen molar-refractivity contribution in [3.05, 3.63) is 23.8 Å². The molecule has 0 aliphatic heterocycles. The molecule has 0 aromatic heterocycles. The first-order valence-corrected chi connectivity index (χ1v) is 12.8. The lowest BCUT2D eigenvalue weighted by atomic mass is 9.46. The van der Waals surface area contributed by atoms with E-state index in [4.69, 9.17) is 0 Å². The zero-order chi connectivity index (χ0) is 23.6. The van der Waals surface area contributed by atoms with E-state index < -0.39 is 23.2 Å². The number of hydrogen-bond acceptors (Lipinski definition) is 4. The maximum atomic E-state index is 12.0. The zero-order valence-corrected chi connectivity index (χ0v) is 20.8. The molecule has 0 saturated heterocycles. The number of aliphatic hydroxyl groups excluding tert-OH is 2. The summed E-state index contributed by atoms with van der Waals surface area (Å²) in [6, 6.07) is 0. The Bertz CT molecular complexity index is 810. The molecule has 3 saturated carbocycles. The number of fused-ring (bicyclic) bond motifs is 5. The molecule has 4 rings (SSSR count). The average Bonchev–Trinajstić information content (AvgIpc) is 3.00. The van der Waals surface area contributed by atoms with E-state index in [0.717, 1.165) is 19.3 Å². The van der Waals surface area contributed by atoms with Gasteiger partial charge in [0.2, 0.25) is 0 Å². The topological polar surface area (TPSA) is 77.8 Å². The second-order valence-corrected chi connectivity index (χ2v) is 12.6. The predicted octanol–water partition coefficient (Wildman–Crippen LogP) is 4.68. The molecular formula is C28H44O4. The minimum Gasteiger partial charge on any atom is -0.393 e. The second kappa shape index (κ2) is 8.06. The number of hydrogen-bond donors (Lipinski definition) is 3. The molecule has 32 heavy (non-hydrogen) atoms. The first-order valence-electron chi connectivity index (χ1n) is 12.8. The molecular weight excluding hydrogens is 400 g/mol. The summed E-state index contributed by atoms with van der Waals surface area (Å²) < 4.78 is 0. The van der Waals surface area contributed by atoms with E-state index in [9.17, 15) is 20.1 Å². The SMILES string of the molecule is CC(C)C(C)CCC(C)(O)[C@H]1[C@@H](O)C[C@H]2[C@@H]3CCC4=CC(=O)C=C[C@]4(C)[C@H]3C[C@@H](O)[C@]12C. The number of rotatable bonds is 5. The van der Waals surface area contributed by atoms with Crippen molar-refractivity contribution in [2.45, 2.75) is 97.9 Å². The Hall–Kier alpha value is -0.970. The van der Waals surface area contributed by atoms with Crippen LogP contribution in [0.3, 0.4) is 0 Å². The van der Waals surface area contributed by atoms with E-state index in [2.05, 4.69) is 40.7 Å². The fraction of sp³-hybridized carbons (Fsp3) is 0.821. The van der Waals surface area contributed by atoms with E-state index in [1.165, 1.54) is 5.57 Å². The quantitative estimate of drug-likeness (QED) is 0.576. The number of aliphatic hydroxyl groups is 3. The molecule has 0 bridgehead atoms. The van der Waals surface area contributed by atoms with Gasteiger partial charge in [-0.3, -0.25) is 4.79 Å². The van der Waals surface area contributed by atoms with E-state index in [0.29, 0.717) is 37.0 Å². The van der Waals surface area contributed by atoms with Crippen LogP contribution in [0.1, 0.15) is 80.1 Å². The van der Waals surface area contributed by atoms with Crippen molar-refractivity contribution in [2.75, 3.05) is 0 Å². The van der Waals surface area contributed by atoms with Gasteiger partial charge in [-0.2, -0.15) is 0 Å². The van der Waals surface area contributed by atoms with Crippen molar-refractivity contribution >= 4 is 5.78 Å². The summed E-state index contributed by atoms with van der Waals surface area (Å²) in [6.45, 7) is 12.9. The molecule has 0 amide bonds. The highest BCUT2D eigenvalue weighted by atomic mass is 16.3. The molecule has 0 aromatic carbocycles. The van der Waals surface area contributed by atoms with Crippen molar-refractivity contribution < 1.29 is 20.1 Å². The first kappa shape index (κ1) is 24.2. The third-order valence-electron chi connectivity index (χ3n) is 10.6. The van der Waals surface area contributed by atoms with E-state index in [1.54, 1.807) is 6.08 Å². The summed E-state index contributed by atoms with van der Waals surface area (Å²) in [5.41, 5.74) is -0.513. The van der Waals surface area contributed by atoms with Crippen LogP contribution in [0.4, 0.5) is 0 Å². The van der Waals surface area contributed by atoms with Gasteiger partial charge in [0.25, 0.3) is 0 Å². The molecule has 0 heterocycles. The molecule has 0 radical (unpaired) electrons. The van der Waals surface area contributed by atoms with Gasteiger partial charge in [-0.25, -0.2) is 0 Å². The summed E-state index contributed by atoms with van der Waals surface area (Å²) in [5, 5.41) is 34.6. The highest BCUT2D eigenvalue weighted by molar-refractivity contribution is 6.01. The molecule has 2 unspecified atom stereocenters. The largest absolute Gasteiger partial charge is 0.393 e. The predicted molar refractivity (Wildman–Crippen MR) is 127 cm³/mol. The molecule has 3 fully saturated rings. The molecule has 4 aliphatic rings. The van der Waals surface area contributed by atoms with Gasteiger partial charge in [-0.15, -0.1) is 0 Å². The lowest BCUT2D eigenvalue weighted by Gasteiger charge is -2.59. The summed E-state index contributed by atoms with van der Waals surface area (Å²) >= 11 is 0. The first-order chi connectivity index (χ1) is 14.8. The van der Waals surface area contributed by atoms with Crippen molar-refractivity contribution in [3.63, 3.8) is 0 Å². The normalized spacial score (nSPS) is 46.2. The van der Waals surface area contributed by atoms with Gasteiger partial charge in [0, 0.05) is 16.7 Å². The second-order valence-electron chi connectivity index (χ2n) is 12.6. The number of carbonyl (C=O) groups excluding carboxylic acids is 1. The lowest BCUT2D eigenvalue weighted by Crippen LogP contribution is -2.59. The van der Waals surface area contributed by atoms with Gasteiger partial charge in [-0.05, 0) is 87.2 Å². The van der Waals surface area contributed by atoms with E-state index in [1.807, 2.05) is 13.0 Å². The summed E-state index contributed by atoms with van der Waals surface area (Å²) in [4.78, 5) is 12.0. The van der Waals surface area contributed by atoms with Gasteiger partial charge in [0.1, 0.15) is 0 Å². The van der Waals surface area contributed by atoms with Crippen LogP contribution in [0.2, 0.25) is 0 Å². The Morgan fingerprint density at radius 2 is 1.84 bits per heavy atom. The fourth-order valence-corrected chi connectivity index (χ4v) is 8.28. The zero-order valence-electron chi connectivity index (χ0n) is 20.8. The van der Waals surface area contributed by atoms with E-state index >= 15 is 0 Å². The highest BCUT2D eigenvalue weighted by Gasteiger charge is 2.67. The van der Waals surface area contributed by atoms with Gasteiger partial charge in [0.15, 0.2) is 5.78 Å². The van der Waals surface area contributed by atoms with Gasteiger partial charge < -0.3 is 15.3 Å². The van der Waals surface area contributed by atoms with Crippen LogP contribution in [0.5, 0.6) is 0 Å². The summed E-state index contributed by atoms with van der Waals surface area (Å²) in [7, 11) is 0. The summed E-state index contributed by atoms with van der Waals surface area (Å²) in [6.07, 6.45) is 9.16. The minimum absolute atomic E-state index is 0.0696. The van der Waals surface area contributed by atoms with Crippen molar-refractivity contribution in [1.29, 1.82) is 0 Å². The average molecular weight is 445 g/mol. The van der Waals surface area contributed by atoms with Crippen LogP contribution in [-0.4, -0.2) is 38.9 Å². The van der Waals surface area contributed by atoms with Gasteiger partial charge in [-0.1, -0.05) is 46.3 Å². The molecule has 3 N–H and O–H groups in total. The molecule has 0 aromatic rings. The van der Waals surface area contributed by atoms with Crippen molar-refractivity contribution in [1.82, 2.24) is 0 Å². The Balaban J connectivity index is 1.63. The maximum Gasteiger partial charge on any atom is 0.178 e. The lowest BCUT2D eigenvalue weighted by molar-refractivity contribution is -0.173. The number of allylic oxidation sites excluding steroid dienone is 4. The third kappa shape index (κ3) is 3.56. The van der Waals surface area contributed by atoms with Crippen LogP contribution in [0.25, 0.3) is 0 Å². The van der Waals surface area contributed by atoms with Crippen LogP contribution >= 0.6 is 0 Å². The molecule has 180 valence electrons. The van der Waals surface area contributed by atoms with Crippen LogP contribution in [0, 0.1) is 46.3 Å². The molecule has 0 spiro atoms. The fourth-order valence-electron chi connectivity index (χ4n) is 8.28. The minimum atomic E-state index is -1.01. The molecule has 4 aliphatic carbocycles. The smallest absolute Gasteiger partial charge is 0.178 e. The Morgan fingerprint density at radius 3 is 2.50 bits per heavy atom. The number of carbonyl (C=O) groups is 1. The molecule has 10 atom stereocenters. The van der Waals surface area contributed by atoms with Crippen LogP contribution in [0.15, 0.2) is 23.8 Å². The standard InChI is InChI=1S/C28H44O4/c1-16(2)17(3)9-12-27(5,32)25-23(30)14-22-20-8-7-18-13-19(29)10-11-26(18,4)21(20)15-24(31)28(22,25)6/h10-11,13,16-17,20-25,30-32H,7-9,12,14-15H2,1-6H3/t17?,20-,21+,22+,23+,24-,25-,26+,27?,28-/m1/s1.